The van der Waals surface area contributed by atoms with E-state index in [9.17, 15) is 8.78 Å². The molecule has 0 unspecified atom stereocenters. The number of halogens is 2. The van der Waals surface area contributed by atoms with Gasteiger partial charge in [0.05, 0.1) is 5.69 Å². The molecular formula is C9H9F2N3O. The number of aryl methyl sites for hydroxylation is 1. The molecule has 0 aliphatic heterocycles. The van der Waals surface area contributed by atoms with Gasteiger partial charge in [-0.2, -0.15) is 0 Å². The lowest BCUT2D eigenvalue weighted by molar-refractivity contribution is 0.0822. The summed E-state index contributed by atoms with van der Waals surface area (Å²) in [5.41, 5.74) is 9.35. The number of benzene rings is 1. The highest BCUT2D eigenvalue weighted by molar-refractivity contribution is 5.53. The second-order valence-electron chi connectivity index (χ2n) is 2.86. The summed E-state index contributed by atoms with van der Waals surface area (Å²) in [6, 6.07) is 4.76. The molecule has 1 rings (SSSR count). The molecule has 0 saturated carbocycles. The zero-order valence-corrected chi connectivity index (χ0v) is 8.02. The lowest BCUT2D eigenvalue weighted by atomic mass is 10.2. The van der Waals surface area contributed by atoms with E-state index in [1.807, 2.05) is 0 Å². The van der Waals surface area contributed by atoms with Crippen LogP contribution in [0.3, 0.4) is 0 Å². The molecule has 0 aliphatic carbocycles. The number of hydrogen-bond donors (Lipinski definition) is 0. The van der Waals surface area contributed by atoms with Crippen molar-refractivity contribution < 1.29 is 13.5 Å². The third-order valence-corrected chi connectivity index (χ3v) is 1.63. The van der Waals surface area contributed by atoms with E-state index in [1.165, 1.54) is 6.07 Å². The third kappa shape index (κ3) is 3.44. The van der Waals surface area contributed by atoms with Crippen molar-refractivity contribution in [1.82, 2.24) is 0 Å². The fraction of sp³-hybridized carbons (Fsp3) is 0.333. The van der Waals surface area contributed by atoms with Gasteiger partial charge in [0.25, 0.3) is 6.43 Å². The summed E-state index contributed by atoms with van der Waals surface area (Å²) >= 11 is 0. The molecule has 15 heavy (non-hydrogen) atoms. The Morgan fingerprint density at radius 2 is 2.27 bits per heavy atom. The van der Waals surface area contributed by atoms with Crippen LogP contribution in [-0.4, -0.2) is 13.0 Å². The number of ether oxygens (including phenoxy) is 1. The predicted octanol–water partition coefficient (Wildman–Crippen LogP) is 3.58. The van der Waals surface area contributed by atoms with Gasteiger partial charge in [0.2, 0.25) is 0 Å². The molecule has 0 radical (unpaired) electrons. The van der Waals surface area contributed by atoms with Gasteiger partial charge in [-0.3, -0.25) is 0 Å². The van der Waals surface area contributed by atoms with E-state index in [0.29, 0.717) is 0 Å². The summed E-state index contributed by atoms with van der Waals surface area (Å²) in [7, 11) is 0. The lowest BCUT2D eigenvalue weighted by Crippen LogP contribution is -2.06. The van der Waals surface area contributed by atoms with Crippen LogP contribution >= 0.6 is 0 Å². The van der Waals surface area contributed by atoms with Crippen LogP contribution < -0.4 is 4.74 Å². The number of azide groups is 1. The summed E-state index contributed by atoms with van der Waals surface area (Å²) in [5.74, 6) is 0.165. The minimum atomic E-state index is -2.55. The van der Waals surface area contributed by atoms with Gasteiger partial charge in [0.1, 0.15) is 12.4 Å². The van der Waals surface area contributed by atoms with Crippen LogP contribution in [0.25, 0.3) is 10.4 Å². The molecule has 0 N–H and O–H groups in total. The highest BCUT2D eigenvalue weighted by Crippen LogP contribution is 2.28. The molecule has 0 heterocycles. The third-order valence-electron chi connectivity index (χ3n) is 1.63. The minimum absolute atomic E-state index is 0.165. The summed E-state index contributed by atoms with van der Waals surface area (Å²) in [6.07, 6.45) is -2.55. The standard InChI is InChI=1S/C9H9F2N3O/c1-6-2-3-8(15-5-9(10)11)7(4-6)13-14-12/h2-4,9H,5H2,1H3. The second kappa shape index (κ2) is 5.17. The van der Waals surface area contributed by atoms with Crippen LogP contribution in [0.2, 0.25) is 0 Å². The van der Waals surface area contributed by atoms with E-state index in [2.05, 4.69) is 10.0 Å². The van der Waals surface area contributed by atoms with Gasteiger partial charge in [0, 0.05) is 4.91 Å². The van der Waals surface area contributed by atoms with Crippen molar-refractivity contribution in [2.75, 3.05) is 6.61 Å². The Bertz CT molecular complexity index is 389. The molecule has 80 valence electrons. The summed E-state index contributed by atoms with van der Waals surface area (Å²) in [5, 5.41) is 3.36. The number of hydrogen-bond acceptors (Lipinski definition) is 2. The average molecular weight is 213 g/mol. The minimum Gasteiger partial charge on any atom is -0.487 e. The molecule has 0 bridgehead atoms. The molecule has 4 nitrogen and oxygen atoms in total. The Hall–Kier alpha value is -1.81. The normalized spacial score (nSPS) is 9.87. The largest absolute Gasteiger partial charge is 0.487 e. The zero-order chi connectivity index (χ0) is 11.3. The van der Waals surface area contributed by atoms with Gasteiger partial charge >= 0.3 is 0 Å². The van der Waals surface area contributed by atoms with Crippen molar-refractivity contribution >= 4 is 5.69 Å². The van der Waals surface area contributed by atoms with E-state index >= 15 is 0 Å². The summed E-state index contributed by atoms with van der Waals surface area (Å²) in [4.78, 5) is 2.59. The van der Waals surface area contributed by atoms with Crippen molar-refractivity contribution in [2.45, 2.75) is 13.3 Å². The van der Waals surface area contributed by atoms with Crippen LogP contribution in [0.5, 0.6) is 5.75 Å². The van der Waals surface area contributed by atoms with Crippen LogP contribution in [0.4, 0.5) is 14.5 Å². The molecule has 6 heteroatoms. The monoisotopic (exact) mass is 213 g/mol. The van der Waals surface area contributed by atoms with E-state index in [-0.39, 0.29) is 11.4 Å². The van der Waals surface area contributed by atoms with Gasteiger partial charge in [-0.25, -0.2) is 8.78 Å². The van der Waals surface area contributed by atoms with E-state index in [0.717, 1.165) is 5.56 Å². The first-order valence-corrected chi connectivity index (χ1v) is 4.20. The van der Waals surface area contributed by atoms with Crippen LogP contribution in [0.1, 0.15) is 5.56 Å². The molecule has 0 fully saturated rings. The van der Waals surface area contributed by atoms with Crippen LogP contribution in [0, 0.1) is 6.92 Å². The molecule has 0 atom stereocenters. The Labute approximate surface area is 85.1 Å². The van der Waals surface area contributed by atoms with Crippen molar-refractivity contribution in [2.24, 2.45) is 5.11 Å². The Morgan fingerprint density at radius 1 is 1.53 bits per heavy atom. The first kappa shape index (κ1) is 11.3. The van der Waals surface area contributed by atoms with Gasteiger partial charge in [-0.1, -0.05) is 16.7 Å². The quantitative estimate of drug-likeness (QED) is 0.428. The van der Waals surface area contributed by atoms with E-state index in [1.54, 1.807) is 19.1 Å². The Kier molecular flexibility index (Phi) is 3.88. The van der Waals surface area contributed by atoms with Gasteiger partial charge in [0.15, 0.2) is 0 Å². The Morgan fingerprint density at radius 3 is 2.87 bits per heavy atom. The molecule has 0 amide bonds. The smallest absolute Gasteiger partial charge is 0.272 e. The van der Waals surface area contributed by atoms with Crippen LogP contribution in [-0.2, 0) is 0 Å². The predicted molar refractivity (Wildman–Crippen MR) is 51.5 cm³/mol. The maximum absolute atomic E-state index is 11.9. The van der Waals surface area contributed by atoms with Gasteiger partial charge in [-0.15, -0.1) is 0 Å². The molecule has 1 aromatic carbocycles. The average Bonchev–Trinajstić information content (AvgIpc) is 2.17. The number of rotatable bonds is 4. The fourth-order valence-corrected chi connectivity index (χ4v) is 1.03. The summed E-state index contributed by atoms with van der Waals surface area (Å²) in [6.45, 7) is 1.09. The second-order valence-corrected chi connectivity index (χ2v) is 2.86. The molecule has 0 spiro atoms. The highest BCUT2D eigenvalue weighted by Gasteiger charge is 2.06. The zero-order valence-electron chi connectivity index (χ0n) is 8.02. The fourth-order valence-electron chi connectivity index (χ4n) is 1.03. The van der Waals surface area contributed by atoms with Gasteiger partial charge in [-0.05, 0) is 24.6 Å². The lowest BCUT2D eigenvalue weighted by Gasteiger charge is -2.08. The molecule has 1 aromatic rings. The van der Waals surface area contributed by atoms with Crippen molar-refractivity contribution in [3.8, 4) is 5.75 Å². The van der Waals surface area contributed by atoms with Crippen LogP contribution in [0.15, 0.2) is 23.3 Å². The topological polar surface area (TPSA) is 58.0 Å². The van der Waals surface area contributed by atoms with Gasteiger partial charge < -0.3 is 4.74 Å². The van der Waals surface area contributed by atoms with E-state index < -0.39 is 13.0 Å². The number of alkyl halides is 2. The summed E-state index contributed by atoms with van der Waals surface area (Å²) < 4.78 is 28.6. The molecule has 0 saturated heterocycles. The maximum Gasteiger partial charge on any atom is 0.272 e. The van der Waals surface area contributed by atoms with E-state index in [4.69, 9.17) is 10.3 Å². The number of nitrogens with zero attached hydrogens (tertiary/aromatic N) is 3. The molecular weight excluding hydrogens is 204 g/mol. The molecule has 0 aliphatic rings. The maximum atomic E-state index is 11.9. The highest BCUT2D eigenvalue weighted by atomic mass is 19.3. The SMILES string of the molecule is Cc1ccc(OCC(F)F)c(N=[N+]=[N-])c1. The van der Waals surface area contributed by atoms with Crippen molar-refractivity contribution in [3.05, 3.63) is 34.2 Å². The Balaban J connectivity index is 2.90. The van der Waals surface area contributed by atoms with Crippen molar-refractivity contribution in [3.63, 3.8) is 0 Å². The van der Waals surface area contributed by atoms with Crippen molar-refractivity contribution in [1.29, 1.82) is 0 Å². The first-order chi connectivity index (χ1) is 7.13. The first-order valence-electron chi connectivity index (χ1n) is 4.20. The molecule has 0 aromatic heterocycles.